The molecule has 0 saturated carbocycles. The molecule has 3 rings (SSSR count). The van der Waals surface area contributed by atoms with E-state index in [0.717, 1.165) is 4.88 Å². The van der Waals surface area contributed by atoms with Crippen molar-refractivity contribution < 1.29 is 9.32 Å². The minimum Gasteiger partial charge on any atom is -0.332 e. The van der Waals surface area contributed by atoms with Crippen LogP contribution in [0.1, 0.15) is 16.3 Å². The van der Waals surface area contributed by atoms with Crippen LogP contribution in [0.5, 0.6) is 0 Å². The second kappa shape index (κ2) is 6.79. The molecular weight excluding hydrogens is 326 g/mol. The van der Waals surface area contributed by atoms with E-state index in [9.17, 15) is 4.79 Å². The molecule has 24 heavy (non-hydrogen) atoms. The third-order valence-electron chi connectivity index (χ3n) is 3.29. The molecule has 0 saturated heterocycles. The molecule has 0 unspecified atom stereocenters. The topological polar surface area (TPSA) is 84.2 Å². The molecule has 7 nitrogen and oxygen atoms in total. The highest BCUT2D eigenvalue weighted by atomic mass is 32.1. The number of aromatic nitrogens is 3. The van der Waals surface area contributed by atoms with E-state index in [-0.39, 0.29) is 6.03 Å². The SMILES string of the molecule is Cc1csc(CN(C)C(=O)Nc2ccc(-c3nc(C)no3)nc2)c1. The van der Waals surface area contributed by atoms with Crippen LogP contribution in [0.15, 0.2) is 34.3 Å². The Kier molecular flexibility index (Phi) is 4.57. The van der Waals surface area contributed by atoms with Gasteiger partial charge < -0.3 is 14.7 Å². The summed E-state index contributed by atoms with van der Waals surface area (Å²) in [6.45, 7) is 4.35. The third kappa shape index (κ3) is 3.77. The first-order valence-electron chi connectivity index (χ1n) is 7.34. The Morgan fingerprint density at radius 2 is 2.21 bits per heavy atom. The molecule has 3 aromatic rings. The predicted octanol–water partition coefficient (Wildman–Crippen LogP) is 3.47. The number of nitrogens with one attached hydrogen (secondary N) is 1. The zero-order chi connectivity index (χ0) is 17.1. The maximum atomic E-state index is 12.2. The first kappa shape index (κ1) is 16.1. The van der Waals surface area contributed by atoms with Crippen LogP contribution >= 0.6 is 11.3 Å². The van der Waals surface area contributed by atoms with E-state index in [4.69, 9.17) is 4.52 Å². The van der Waals surface area contributed by atoms with Crippen molar-refractivity contribution in [2.45, 2.75) is 20.4 Å². The van der Waals surface area contributed by atoms with Gasteiger partial charge in [0, 0.05) is 11.9 Å². The van der Waals surface area contributed by atoms with E-state index in [1.54, 1.807) is 48.5 Å². The van der Waals surface area contributed by atoms with Crippen molar-refractivity contribution in [1.82, 2.24) is 20.0 Å². The smallest absolute Gasteiger partial charge is 0.321 e. The molecule has 0 atom stereocenters. The molecule has 2 amide bonds. The van der Waals surface area contributed by atoms with E-state index in [0.29, 0.717) is 29.6 Å². The summed E-state index contributed by atoms with van der Waals surface area (Å²) >= 11 is 1.65. The summed E-state index contributed by atoms with van der Waals surface area (Å²) < 4.78 is 5.06. The van der Waals surface area contributed by atoms with Gasteiger partial charge in [-0.05, 0) is 43.0 Å². The van der Waals surface area contributed by atoms with Gasteiger partial charge in [0.25, 0.3) is 5.89 Å². The number of nitrogens with zero attached hydrogens (tertiary/aromatic N) is 4. The van der Waals surface area contributed by atoms with Crippen LogP contribution < -0.4 is 5.32 Å². The van der Waals surface area contributed by atoms with Gasteiger partial charge in [-0.15, -0.1) is 11.3 Å². The fraction of sp³-hybridized carbons (Fsp3) is 0.250. The molecule has 1 N–H and O–H groups in total. The van der Waals surface area contributed by atoms with Crippen LogP contribution in [0.4, 0.5) is 10.5 Å². The van der Waals surface area contributed by atoms with Crippen LogP contribution in [0.25, 0.3) is 11.6 Å². The van der Waals surface area contributed by atoms with Crippen LogP contribution in [0, 0.1) is 13.8 Å². The number of carbonyl (C=O) groups excluding carboxylic acids is 1. The highest BCUT2D eigenvalue weighted by Gasteiger charge is 2.12. The molecule has 0 radical (unpaired) electrons. The number of rotatable bonds is 4. The number of hydrogen-bond donors (Lipinski definition) is 1. The van der Waals surface area contributed by atoms with Gasteiger partial charge in [-0.2, -0.15) is 4.98 Å². The van der Waals surface area contributed by atoms with Crippen LogP contribution in [-0.2, 0) is 6.54 Å². The Hall–Kier alpha value is -2.74. The van der Waals surface area contributed by atoms with E-state index < -0.39 is 0 Å². The molecule has 0 spiro atoms. The number of pyridine rings is 1. The molecule has 0 aromatic carbocycles. The minimum atomic E-state index is -0.191. The van der Waals surface area contributed by atoms with Crippen LogP contribution in [-0.4, -0.2) is 33.1 Å². The van der Waals surface area contributed by atoms with Gasteiger partial charge in [0.2, 0.25) is 0 Å². The van der Waals surface area contributed by atoms with Crippen molar-refractivity contribution in [1.29, 1.82) is 0 Å². The van der Waals surface area contributed by atoms with Gasteiger partial charge in [0.1, 0.15) is 5.69 Å². The summed E-state index contributed by atoms with van der Waals surface area (Å²) in [6, 6.07) is 5.37. The number of amides is 2. The van der Waals surface area contributed by atoms with Crippen molar-refractivity contribution >= 4 is 23.1 Å². The van der Waals surface area contributed by atoms with Crippen molar-refractivity contribution in [3.8, 4) is 11.6 Å². The average molecular weight is 343 g/mol. The lowest BCUT2D eigenvalue weighted by Gasteiger charge is -2.17. The summed E-state index contributed by atoms with van der Waals surface area (Å²) in [7, 11) is 1.76. The zero-order valence-corrected chi connectivity index (χ0v) is 14.4. The normalized spacial score (nSPS) is 10.6. The van der Waals surface area contributed by atoms with Crippen LogP contribution in [0.2, 0.25) is 0 Å². The summed E-state index contributed by atoms with van der Waals surface area (Å²) in [6.07, 6.45) is 1.57. The molecule has 3 aromatic heterocycles. The number of thiophene rings is 1. The first-order chi connectivity index (χ1) is 11.5. The predicted molar refractivity (Wildman–Crippen MR) is 91.8 cm³/mol. The summed E-state index contributed by atoms with van der Waals surface area (Å²) in [4.78, 5) is 23.4. The molecule has 0 aliphatic heterocycles. The van der Waals surface area contributed by atoms with Gasteiger partial charge in [0.15, 0.2) is 5.82 Å². The lowest BCUT2D eigenvalue weighted by Crippen LogP contribution is -2.30. The highest BCUT2D eigenvalue weighted by Crippen LogP contribution is 2.18. The Labute approximate surface area is 143 Å². The molecule has 3 heterocycles. The van der Waals surface area contributed by atoms with Crippen molar-refractivity contribution in [2.75, 3.05) is 12.4 Å². The van der Waals surface area contributed by atoms with Crippen molar-refractivity contribution in [2.24, 2.45) is 0 Å². The van der Waals surface area contributed by atoms with Crippen molar-refractivity contribution in [3.05, 3.63) is 46.0 Å². The standard InChI is InChI=1S/C16H17N5O2S/c1-10-6-13(24-9-10)8-21(3)16(22)19-12-4-5-14(17-7-12)15-18-11(2)20-23-15/h4-7,9H,8H2,1-3H3,(H,19,22). The monoisotopic (exact) mass is 343 g/mol. The lowest BCUT2D eigenvalue weighted by molar-refractivity contribution is 0.221. The average Bonchev–Trinajstić information content (AvgIpc) is 3.16. The Morgan fingerprint density at radius 1 is 1.38 bits per heavy atom. The molecule has 124 valence electrons. The van der Waals surface area contributed by atoms with Gasteiger partial charge in [0.05, 0.1) is 18.4 Å². The summed E-state index contributed by atoms with van der Waals surface area (Å²) in [5, 5.41) is 8.61. The van der Waals surface area contributed by atoms with E-state index in [2.05, 4.69) is 31.9 Å². The Balaban J connectivity index is 1.61. The van der Waals surface area contributed by atoms with E-state index in [1.165, 1.54) is 5.56 Å². The summed E-state index contributed by atoms with van der Waals surface area (Å²) in [5.74, 6) is 0.908. The van der Waals surface area contributed by atoms with Crippen molar-refractivity contribution in [3.63, 3.8) is 0 Å². The van der Waals surface area contributed by atoms with Gasteiger partial charge in [-0.25, -0.2) is 9.78 Å². The Bertz CT molecular complexity index is 840. The number of anilines is 1. The second-order valence-electron chi connectivity index (χ2n) is 5.46. The number of hydrogen-bond acceptors (Lipinski definition) is 6. The quantitative estimate of drug-likeness (QED) is 0.784. The Morgan fingerprint density at radius 3 is 2.79 bits per heavy atom. The molecule has 0 fully saturated rings. The maximum absolute atomic E-state index is 12.2. The van der Waals surface area contributed by atoms with Gasteiger partial charge in [-0.3, -0.25) is 0 Å². The number of aryl methyl sites for hydroxylation is 2. The largest absolute Gasteiger partial charge is 0.332 e. The number of carbonyl (C=O) groups is 1. The fourth-order valence-electron chi connectivity index (χ4n) is 2.09. The lowest BCUT2D eigenvalue weighted by atomic mass is 10.3. The zero-order valence-electron chi connectivity index (χ0n) is 13.6. The highest BCUT2D eigenvalue weighted by molar-refractivity contribution is 7.10. The van der Waals surface area contributed by atoms with Gasteiger partial charge in [-0.1, -0.05) is 5.16 Å². The fourth-order valence-corrected chi connectivity index (χ4v) is 3.02. The second-order valence-corrected chi connectivity index (χ2v) is 6.45. The minimum absolute atomic E-state index is 0.191. The molecule has 0 bridgehead atoms. The summed E-state index contributed by atoms with van der Waals surface area (Å²) in [5.41, 5.74) is 2.38. The van der Waals surface area contributed by atoms with Gasteiger partial charge >= 0.3 is 6.03 Å². The third-order valence-corrected chi connectivity index (χ3v) is 4.33. The van der Waals surface area contributed by atoms with E-state index >= 15 is 0 Å². The molecule has 8 heteroatoms. The molecular formula is C16H17N5O2S. The maximum Gasteiger partial charge on any atom is 0.321 e. The van der Waals surface area contributed by atoms with E-state index in [1.807, 2.05) is 6.92 Å². The molecule has 0 aliphatic rings. The first-order valence-corrected chi connectivity index (χ1v) is 8.22. The molecule has 0 aliphatic carbocycles. The number of urea groups is 1. The van der Waals surface area contributed by atoms with Crippen LogP contribution in [0.3, 0.4) is 0 Å².